The van der Waals surface area contributed by atoms with Gasteiger partial charge in [-0.2, -0.15) is 0 Å². The zero-order valence-electron chi connectivity index (χ0n) is 17.3. The van der Waals surface area contributed by atoms with Crippen LogP contribution in [0.1, 0.15) is 0 Å². The molecular formula is C22H16N6O4S2. The first kappa shape index (κ1) is 23.0. The molecule has 0 aliphatic carbocycles. The molecule has 34 heavy (non-hydrogen) atoms. The first-order chi connectivity index (χ1) is 16.3. The van der Waals surface area contributed by atoms with Crippen molar-refractivity contribution in [1.82, 2.24) is 21.3 Å². The summed E-state index contributed by atoms with van der Waals surface area (Å²) in [6.07, 6.45) is 2.54. The number of hydrogen-bond acceptors (Lipinski definition) is 8. The number of carbonyl (C=O) groups is 4. The smallest absolute Gasteiger partial charge is 0.244 e. The van der Waals surface area contributed by atoms with E-state index in [1.807, 2.05) is 24.3 Å². The summed E-state index contributed by atoms with van der Waals surface area (Å²) >= 11 is 9.53. The standard InChI is InChI=1S/C22H16N6O4S2/c29-17-15(18(30)26-21(33)25-17)9-23-13-5-1-11(2-6-13)12-3-7-14(8-4-12)24-10-16-19(31)27-22(34)28-20(16)32/h1-10,15-16H,(H2,25,26,29,30,33)(H2,27,28,31,32,34). The van der Waals surface area contributed by atoms with Gasteiger partial charge < -0.3 is 21.3 Å². The van der Waals surface area contributed by atoms with Crippen LogP contribution in [0.3, 0.4) is 0 Å². The average molecular weight is 493 g/mol. The average Bonchev–Trinajstić information content (AvgIpc) is 2.78. The third kappa shape index (κ3) is 5.24. The predicted molar refractivity (Wildman–Crippen MR) is 133 cm³/mol. The Kier molecular flexibility index (Phi) is 6.61. The Bertz CT molecular complexity index is 1130. The van der Waals surface area contributed by atoms with Crippen molar-refractivity contribution < 1.29 is 19.2 Å². The zero-order valence-corrected chi connectivity index (χ0v) is 18.9. The molecule has 0 unspecified atom stereocenters. The summed E-state index contributed by atoms with van der Waals surface area (Å²) in [5.41, 5.74) is 2.96. The van der Waals surface area contributed by atoms with E-state index in [4.69, 9.17) is 24.4 Å². The van der Waals surface area contributed by atoms with Crippen LogP contribution in [0.5, 0.6) is 0 Å². The number of thiocarbonyl (C=S) groups is 2. The van der Waals surface area contributed by atoms with Crippen molar-refractivity contribution in [2.45, 2.75) is 0 Å². The maximum Gasteiger partial charge on any atom is 0.244 e. The van der Waals surface area contributed by atoms with Crippen molar-refractivity contribution in [3.05, 3.63) is 48.5 Å². The Balaban J connectivity index is 1.40. The lowest BCUT2D eigenvalue weighted by Crippen LogP contribution is -2.56. The van der Waals surface area contributed by atoms with Crippen LogP contribution >= 0.6 is 24.4 Å². The van der Waals surface area contributed by atoms with Gasteiger partial charge in [0.05, 0.1) is 11.4 Å². The molecule has 0 aromatic heterocycles. The second kappa shape index (κ2) is 9.77. The van der Waals surface area contributed by atoms with Gasteiger partial charge in [-0.05, 0) is 59.8 Å². The molecule has 4 rings (SSSR count). The highest BCUT2D eigenvalue weighted by Crippen LogP contribution is 2.25. The monoisotopic (exact) mass is 492 g/mol. The Morgan fingerprint density at radius 2 is 0.853 bits per heavy atom. The van der Waals surface area contributed by atoms with Gasteiger partial charge in [-0.3, -0.25) is 29.2 Å². The molecule has 0 bridgehead atoms. The number of carbonyl (C=O) groups excluding carboxylic acids is 4. The summed E-state index contributed by atoms with van der Waals surface area (Å²) in [6.45, 7) is 0. The van der Waals surface area contributed by atoms with E-state index in [0.717, 1.165) is 11.1 Å². The van der Waals surface area contributed by atoms with Gasteiger partial charge in [-0.15, -0.1) is 0 Å². The van der Waals surface area contributed by atoms with Gasteiger partial charge in [0.1, 0.15) is 0 Å². The Labute approximate surface area is 203 Å². The van der Waals surface area contributed by atoms with Crippen LogP contribution in [0.2, 0.25) is 0 Å². The van der Waals surface area contributed by atoms with Gasteiger partial charge in [0.15, 0.2) is 22.1 Å². The third-order valence-corrected chi connectivity index (χ3v) is 5.30. The molecule has 4 amide bonds. The number of hydrogen-bond donors (Lipinski definition) is 4. The van der Waals surface area contributed by atoms with E-state index in [-0.39, 0.29) is 10.2 Å². The van der Waals surface area contributed by atoms with E-state index < -0.39 is 35.5 Å². The number of benzene rings is 2. The van der Waals surface area contributed by atoms with Crippen molar-refractivity contribution in [3.63, 3.8) is 0 Å². The van der Waals surface area contributed by atoms with Gasteiger partial charge in [-0.25, -0.2) is 0 Å². The molecule has 0 saturated carbocycles. The van der Waals surface area contributed by atoms with Crippen LogP contribution < -0.4 is 21.3 Å². The lowest BCUT2D eigenvalue weighted by atomic mass is 10.0. The van der Waals surface area contributed by atoms with Crippen molar-refractivity contribution in [3.8, 4) is 11.1 Å². The molecule has 0 spiro atoms. The normalized spacial score (nSPS) is 17.6. The van der Waals surface area contributed by atoms with Crippen molar-refractivity contribution in [2.75, 3.05) is 0 Å². The van der Waals surface area contributed by atoms with Crippen LogP contribution in [-0.2, 0) is 19.2 Å². The second-order valence-corrected chi connectivity index (χ2v) is 8.04. The van der Waals surface area contributed by atoms with Gasteiger partial charge in [0.25, 0.3) is 0 Å². The molecule has 2 aromatic rings. The van der Waals surface area contributed by atoms with Crippen molar-refractivity contribution in [1.29, 1.82) is 0 Å². The Morgan fingerprint density at radius 3 is 1.15 bits per heavy atom. The summed E-state index contributed by atoms with van der Waals surface area (Å²) < 4.78 is 0. The third-order valence-electron chi connectivity index (χ3n) is 4.89. The summed E-state index contributed by atoms with van der Waals surface area (Å²) in [7, 11) is 0. The van der Waals surface area contributed by atoms with Crippen molar-refractivity contribution >= 4 is 82.1 Å². The largest absolute Gasteiger partial charge is 0.302 e. The number of aliphatic imine (C=N–C) groups is 2. The van der Waals surface area contributed by atoms with Crippen LogP contribution in [0.25, 0.3) is 11.1 Å². The minimum Gasteiger partial charge on any atom is -0.302 e. The lowest BCUT2D eigenvalue weighted by molar-refractivity contribution is -0.133. The molecular weight excluding hydrogens is 476 g/mol. The Morgan fingerprint density at radius 1 is 0.559 bits per heavy atom. The summed E-state index contributed by atoms with van der Waals surface area (Å²) in [5, 5.41) is 9.48. The Hall–Kier alpha value is -4.16. The quantitative estimate of drug-likeness (QED) is 0.279. The first-order valence-corrected chi connectivity index (χ1v) is 10.7. The first-order valence-electron chi connectivity index (χ1n) is 9.90. The highest BCUT2D eigenvalue weighted by atomic mass is 32.1. The van der Waals surface area contributed by atoms with E-state index >= 15 is 0 Å². The van der Waals surface area contributed by atoms with E-state index in [9.17, 15) is 19.2 Å². The van der Waals surface area contributed by atoms with E-state index in [0.29, 0.717) is 11.4 Å². The molecule has 10 nitrogen and oxygen atoms in total. The SMILES string of the molecule is O=C1NC(=S)NC(=O)C1C=Nc1ccc(-c2ccc(N=CC3C(=O)NC(=S)NC3=O)cc2)cc1. The molecule has 2 saturated heterocycles. The molecule has 0 radical (unpaired) electrons. The maximum absolute atomic E-state index is 11.9. The second-order valence-electron chi connectivity index (χ2n) is 7.22. The summed E-state index contributed by atoms with van der Waals surface area (Å²) in [5.74, 6) is -4.20. The molecule has 4 N–H and O–H groups in total. The molecule has 2 aliphatic heterocycles. The molecule has 2 aromatic carbocycles. The number of nitrogens with one attached hydrogen (secondary N) is 4. The topological polar surface area (TPSA) is 141 Å². The number of rotatable bonds is 5. The number of nitrogens with zero attached hydrogens (tertiary/aromatic N) is 2. The molecule has 0 atom stereocenters. The van der Waals surface area contributed by atoms with Gasteiger partial charge >= 0.3 is 0 Å². The number of amides is 4. The maximum atomic E-state index is 11.9. The molecule has 2 heterocycles. The fourth-order valence-corrected chi connectivity index (χ4v) is 3.53. The van der Waals surface area contributed by atoms with Crippen LogP contribution in [0, 0.1) is 11.8 Å². The highest BCUT2D eigenvalue weighted by Gasteiger charge is 2.31. The van der Waals surface area contributed by atoms with Gasteiger partial charge in [0, 0.05) is 12.4 Å². The fourth-order valence-electron chi connectivity index (χ4n) is 3.13. The molecule has 170 valence electrons. The van der Waals surface area contributed by atoms with Gasteiger partial charge in [0.2, 0.25) is 23.6 Å². The summed E-state index contributed by atoms with van der Waals surface area (Å²) in [4.78, 5) is 55.9. The van der Waals surface area contributed by atoms with E-state index in [1.165, 1.54) is 12.4 Å². The van der Waals surface area contributed by atoms with Crippen molar-refractivity contribution in [2.24, 2.45) is 21.8 Å². The van der Waals surface area contributed by atoms with Crippen LogP contribution in [0.15, 0.2) is 58.5 Å². The minimum absolute atomic E-state index is 0.0182. The van der Waals surface area contributed by atoms with E-state index in [2.05, 4.69) is 31.3 Å². The van der Waals surface area contributed by atoms with E-state index in [1.54, 1.807) is 24.3 Å². The summed E-state index contributed by atoms with van der Waals surface area (Å²) in [6, 6.07) is 14.4. The lowest BCUT2D eigenvalue weighted by Gasteiger charge is -2.19. The molecule has 2 fully saturated rings. The fraction of sp³-hybridized carbons (Fsp3) is 0.0909. The predicted octanol–water partition coefficient (Wildman–Crippen LogP) is 1.05. The van der Waals surface area contributed by atoms with Crippen LogP contribution in [-0.4, -0.2) is 46.3 Å². The molecule has 2 aliphatic rings. The van der Waals surface area contributed by atoms with Gasteiger partial charge in [-0.1, -0.05) is 24.3 Å². The molecule has 12 heteroatoms. The zero-order chi connectivity index (χ0) is 24.2. The minimum atomic E-state index is -1.05. The highest BCUT2D eigenvalue weighted by molar-refractivity contribution is 7.80. The van der Waals surface area contributed by atoms with Crippen LogP contribution in [0.4, 0.5) is 11.4 Å².